The standard InChI is InChI=1S/C17H17N5O3S2/c1-2-25-17(24)14-12(10-3-4-10)9-27-16(14)18-13(23)7-22-20-15(19-21-22)11-5-6-26-8-11/h5-6,8-10H,2-4,7H2,1H3,(H,18,23). The van der Waals surface area contributed by atoms with Crippen LogP contribution in [0.3, 0.4) is 0 Å². The second-order valence-corrected chi connectivity index (χ2v) is 7.75. The van der Waals surface area contributed by atoms with Gasteiger partial charge in [-0.15, -0.1) is 21.5 Å². The van der Waals surface area contributed by atoms with Gasteiger partial charge in [-0.05, 0) is 53.3 Å². The summed E-state index contributed by atoms with van der Waals surface area (Å²) in [4.78, 5) is 26.0. The Morgan fingerprint density at radius 3 is 2.93 bits per heavy atom. The highest BCUT2D eigenvalue weighted by Gasteiger charge is 2.32. The van der Waals surface area contributed by atoms with Crippen molar-refractivity contribution in [1.29, 1.82) is 0 Å². The Bertz CT molecular complexity index is 959. The van der Waals surface area contributed by atoms with Crippen LogP contribution in [0.15, 0.2) is 22.2 Å². The van der Waals surface area contributed by atoms with Crippen molar-refractivity contribution in [2.24, 2.45) is 0 Å². The Hall–Kier alpha value is -2.59. The molecular weight excluding hydrogens is 386 g/mol. The molecule has 0 spiro atoms. The third-order valence-corrected chi connectivity index (χ3v) is 5.68. The number of thiophene rings is 2. The molecule has 1 aliphatic rings. The third-order valence-electron chi connectivity index (χ3n) is 4.09. The molecule has 140 valence electrons. The molecule has 3 aromatic heterocycles. The molecule has 3 aromatic rings. The number of anilines is 1. The highest BCUT2D eigenvalue weighted by Crippen LogP contribution is 2.46. The van der Waals surface area contributed by atoms with Crippen LogP contribution < -0.4 is 5.32 Å². The van der Waals surface area contributed by atoms with Gasteiger partial charge in [0.2, 0.25) is 11.7 Å². The van der Waals surface area contributed by atoms with Gasteiger partial charge in [-0.3, -0.25) is 4.79 Å². The number of nitrogens with zero attached hydrogens (tertiary/aromatic N) is 4. The number of hydrogen-bond donors (Lipinski definition) is 1. The molecule has 27 heavy (non-hydrogen) atoms. The molecule has 1 fully saturated rings. The minimum Gasteiger partial charge on any atom is -0.462 e. The summed E-state index contributed by atoms with van der Waals surface area (Å²) >= 11 is 2.88. The molecule has 3 heterocycles. The number of rotatable bonds is 7. The van der Waals surface area contributed by atoms with Gasteiger partial charge < -0.3 is 10.1 Å². The summed E-state index contributed by atoms with van der Waals surface area (Å²) in [6, 6.07) is 1.89. The Morgan fingerprint density at radius 1 is 1.37 bits per heavy atom. The Balaban J connectivity index is 1.47. The predicted molar refractivity (Wildman–Crippen MR) is 102 cm³/mol. The van der Waals surface area contributed by atoms with E-state index < -0.39 is 5.97 Å². The van der Waals surface area contributed by atoms with Gasteiger partial charge in [0.05, 0.1) is 12.2 Å². The molecule has 0 bridgehead atoms. The van der Waals surface area contributed by atoms with E-state index in [1.165, 1.54) is 27.5 Å². The van der Waals surface area contributed by atoms with Crippen molar-refractivity contribution in [1.82, 2.24) is 20.2 Å². The van der Waals surface area contributed by atoms with Crippen LogP contribution in [0.2, 0.25) is 0 Å². The first kappa shape index (κ1) is 17.8. The number of aromatic nitrogens is 4. The molecule has 0 saturated heterocycles. The van der Waals surface area contributed by atoms with E-state index in [0.717, 1.165) is 24.0 Å². The van der Waals surface area contributed by atoms with Crippen LogP contribution in [0, 0.1) is 0 Å². The highest BCUT2D eigenvalue weighted by atomic mass is 32.1. The Labute approximate surface area is 163 Å². The quantitative estimate of drug-likeness (QED) is 0.609. The number of nitrogens with one attached hydrogen (secondary N) is 1. The maximum atomic E-state index is 12.4. The fourth-order valence-electron chi connectivity index (χ4n) is 2.68. The maximum Gasteiger partial charge on any atom is 0.341 e. The normalized spacial score (nSPS) is 13.5. The minimum absolute atomic E-state index is 0.0872. The van der Waals surface area contributed by atoms with Gasteiger partial charge in [0.15, 0.2) is 0 Å². The Kier molecular flexibility index (Phi) is 4.99. The van der Waals surface area contributed by atoms with Gasteiger partial charge in [-0.2, -0.15) is 16.1 Å². The van der Waals surface area contributed by atoms with E-state index in [1.54, 1.807) is 6.92 Å². The van der Waals surface area contributed by atoms with Crippen molar-refractivity contribution >= 4 is 39.6 Å². The molecule has 1 saturated carbocycles. The lowest BCUT2D eigenvalue weighted by atomic mass is 10.1. The first-order chi connectivity index (χ1) is 13.2. The highest BCUT2D eigenvalue weighted by molar-refractivity contribution is 7.15. The summed E-state index contributed by atoms with van der Waals surface area (Å²) < 4.78 is 5.17. The monoisotopic (exact) mass is 403 g/mol. The van der Waals surface area contributed by atoms with Gasteiger partial charge in [-0.25, -0.2) is 4.79 Å². The van der Waals surface area contributed by atoms with E-state index in [2.05, 4.69) is 20.7 Å². The zero-order chi connectivity index (χ0) is 18.8. The van der Waals surface area contributed by atoms with E-state index in [9.17, 15) is 9.59 Å². The van der Waals surface area contributed by atoms with E-state index in [4.69, 9.17) is 4.74 Å². The van der Waals surface area contributed by atoms with Crippen LogP contribution >= 0.6 is 22.7 Å². The van der Waals surface area contributed by atoms with Crippen molar-refractivity contribution in [3.8, 4) is 11.4 Å². The van der Waals surface area contributed by atoms with E-state index in [0.29, 0.717) is 28.9 Å². The molecular formula is C17H17N5O3S2. The summed E-state index contributed by atoms with van der Waals surface area (Å²) in [5.41, 5.74) is 2.30. The number of tetrazole rings is 1. The summed E-state index contributed by atoms with van der Waals surface area (Å²) in [7, 11) is 0. The second-order valence-electron chi connectivity index (χ2n) is 6.09. The summed E-state index contributed by atoms with van der Waals surface area (Å²) in [5, 5.41) is 21.2. The van der Waals surface area contributed by atoms with Crippen molar-refractivity contribution < 1.29 is 14.3 Å². The zero-order valence-corrected chi connectivity index (χ0v) is 16.2. The predicted octanol–water partition coefficient (Wildman–Crippen LogP) is 3.16. The molecule has 8 nitrogen and oxygen atoms in total. The summed E-state index contributed by atoms with van der Waals surface area (Å²) in [6.45, 7) is 1.97. The molecule has 0 aliphatic heterocycles. The van der Waals surface area contributed by atoms with Crippen molar-refractivity contribution in [2.45, 2.75) is 32.2 Å². The van der Waals surface area contributed by atoms with Crippen LogP contribution in [0.5, 0.6) is 0 Å². The number of amides is 1. The zero-order valence-electron chi connectivity index (χ0n) is 14.5. The molecule has 10 heteroatoms. The molecule has 1 N–H and O–H groups in total. The van der Waals surface area contributed by atoms with Crippen LogP contribution in [-0.4, -0.2) is 38.7 Å². The summed E-state index contributed by atoms with van der Waals surface area (Å²) in [6.07, 6.45) is 2.12. The molecule has 0 unspecified atom stereocenters. The largest absolute Gasteiger partial charge is 0.462 e. The van der Waals surface area contributed by atoms with E-state index in [1.807, 2.05) is 22.2 Å². The third kappa shape index (κ3) is 3.91. The topological polar surface area (TPSA) is 99.0 Å². The molecule has 0 atom stereocenters. The lowest BCUT2D eigenvalue weighted by molar-refractivity contribution is -0.117. The minimum atomic E-state index is -0.394. The number of hydrogen-bond acceptors (Lipinski definition) is 8. The molecule has 1 aliphatic carbocycles. The van der Waals surface area contributed by atoms with Gasteiger partial charge >= 0.3 is 5.97 Å². The first-order valence-electron chi connectivity index (χ1n) is 8.54. The average Bonchev–Trinajstić information content (AvgIpc) is 3.04. The first-order valence-corrected chi connectivity index (χ1v) is 10.4. The molecule has 0 radical (unpaired) electrons. The number of carbonyl (C=O) groups is 2. The Morgan fingerprint density at radius 2 is 2.22 bits per heavy atom. The van der Waals surface area contributed by atoms with Gasteiger partial charge in [0.1, 0.15) is 11.5 Å². The molecule has 4 rings (SSSR count). The fourth-order valence-corrected chi connectivity index (χ4v) is 4.37. The van der Waals surface area contributed by atoms with Crippen LogP contribution in [0.4, 0.5) is 5.00 Å². The second kappa shape index (κ2) is 7.57. The lowest BCUT2D eigenvalue weighted by Gasteiger charge is -2.08. The van der Waals surface area contributed by atoms with E-state index >= 15 is 0 Å². The summed E-state index contributed by atoms with van der Waals surface area (Å²) in [5.74, 6) is 0.147. The lowest BCUT2D eigenvalue weighted by Crippen LogP contribution is -2.21. The van der Waals surface area contributed by atoms with Crippen LogP contribution in [-0.2, 0) is 16.1 Å². The van der Waals surface area contributed by atoms with Crippen LogP contribution in [0.1, 0.15) is 41.6 Å². The maximum absolute atomic E-state index is 12.4. The molecule has 1 amide bonds. The van der Waals surface area contributed by atoms with Crippen molar-refractivity contribution in [3.05, 3.63) is 33.3 Å². The number of ether oxygens (including phenoxy) is 1. The van der Waals surface area contributed by atoms with Gasteiger partial charge in [0.25, 0.3) is 0 Å². The number of carbonyl (C=O) groups excluding carboxylic acids is 2. The van der Waals surface area contributed by atoms with Crippen molar-refractivity contribution in [3.63, 3.8) is 0 Å². The van der Waals surface area contributed by atoms with Gasteiger partial charge in [-0.1, -0.05) is 0 Å². The SMILES string of the molecule is CCOC(=O)c1c(C2CC2)csc1NC(=O)Cn1nnc(-c2ccsc2)n1. The fraction of sp³-hybridized carbons (Fsp3) is 0.353. The van der Waals surface area contributed by atoms with Crippen LogP contribution in [0.25, 0.3) is 11.4 Å². The van der Waals surface area contributed by atoms with E-state index in [-0.39, 0.29) is 12.5 Å². The molecule has 0 aromatic carbocycles. The van der Waals surface area contributed by atoms with Gasteiger partial charge in [0, 0.05) is 10.9 Å². The average molecular weight is 403 g/mol. The smallest absolute Gasteiger partial charge is 0.341 e. The van der Waals surface area contributed by atoms with Crippen molar-refractivity contribution in [2.75, 3.05) is 11.9 Å². The number of esters is 1.